The summed E-state index contributed by atoms with van der Waals surface area (Å²) in [4.78, 5) is 2.56. The molecule has 1 N–H and O–H groups in total. The third kappa shape index (κ3) is 4.92. The van der Waals surface area contributed by atoms with Gasteiger partial charge >= 0.3 is 0 Å². The molecule has 2 aliphatic rings. The Kier molecular flexibility index (Phi) is 5.68. The Labute approximate surface area is 119 Å². The minimum atomic E-state index is -3.04. The highest BCUT2D eigenvalue weighted by molar-refractivity contribution is 8.03. The molecule has 1 atom stereocenters. The summed E-state index contributed by atoms with van der Waals surface area (Å²) in [6.07, 6.45) is 2.35. The molecule has 0 amide bonds. The lowest BCUT2D eigenvalue weighted by Crippen LogP contribution is -2.38. The van der Waals surface area contributed by atoms with E-state index in [4.69, 9.17) is 0 Å². The van der Waals surface area contributed by atoms with Crippen LogP contribution in [0.15, 0.2) is 0 Å². The van der Waals surface area contributed by atoms with Crippen molar-refractivity contribution in [3.63, 3.8) is 0 Å². The molecule has 0 spiro atoms. The van der Waals surface area contributed by atoms with Gasteiger partial charge in [-0.2, -0.15) is 23.5 Å². The van der Waals surface area contributed by atoms with Crippen molar-refractivity contribution in [2.24, 2.45) is 5.92 Å². The quantitative estimate of drug-likeness (QED) is 0.829. The highest BCUT2D eigenvalue weighted by Gasteiger charge is 2.29. The molecule has 0 aromatic rings. The Morgan fingerprint density at radius 2 is 1.94 bits per heavy atom. The molecule has 2 aliphatic heterocycles. The third-order valence-electron chi connectivity index (χ3n) is 3.46. The van der Waals surface area contributed by atoms with Crippen LogP contribution in [0.2, 0.25) is 0 Å². The molecule has 1 unspecified atom stereocenters. The predicted molar refractivity (Wildman–Crippen MR) is 81.0 cm³/mol. The van der Waals surface area contributed by atoms with Gasteiger partial charge in [0, 0.05) is 42.1 Å². The van der Waals surface area contributed by atoms with Crippen LogP contribution in [0.5, 0.6) is 0 Å². The van der Waals surface area contributed by atoms with Gasteiger partial charge in [0.2, 0.25) is 10.0 Å². The molecule has 0 bridgehead atoms. The fraction of sp³-hybridized carbons (Fsp3) is 1.00. The Morgan fingerprint density at radius 1 is 1.28 bits per heavy atom. The fourth-order valence-corrected chi connectivity index (χ4v) is 5.61. The number of rotatable bonds is 4. The largest absolute Gasteiger partial charge is 0.298 e. The van der Waals surface area contributed by atoms with Crippen LogP contribution in [0.25, 0.3) is 0 Å². The topological polar surface area (TPSA) is 49.4 Å². The molecule has 18 heavy (non-hydrogen) atoms. The average Bonchev–Trinajstić information content (AvgIpc) is 2.60. The minimum absolute atomic E-state index is 0.484. The highest BCUT2D eigenvalue weighted by atomic mass is 32.2. The van der Waals surface area contributed by atoms with Gasteiger partial charge in [0.15, 0.2) is 0 Å². The van der Waals surface area contributed by atoms with Crippen molar-refractivity contribution in [3.05, 3.63) is 0 Å². The summed E-state index contributed by atoms with van der Waals surface area (Å²) in [7, 11) is -3.04. The van der Waals surface area contributed by atoms with E-state index >= 15 is 0 Å². The summed E-state index contributed by atoms with van der Waals surface area (Å²) in [5, 5.41) is 0. The Balaban J connectivity index is 1.76. The molecule has 2 saturated heterocycles. The van der Waals surface area contributed by atoms with Crippen molar-refractivity contribution >= 4 is 33.5 Å². The first-order chi connectivity index (χ1) is 8.54. The van der Waals surface area contributed by atoms with E-state index in [0.717, 1.165) is 19.5 Å². The number of hydrogen-bond acceptors (Lipinski definition) is 5. The van der Waals surface area contributed by atoms with Crippen LogP contribution in [0, 0.1) is 5.92 Å². The van der Waals surface area contributed by atoms with Crippen LogP contribution in [0.3, 0.4) is 0 Å². The lowest BCUT2D eigenvalue weighted by molar-refractivity contribution is 0.273. The maximum atomic E-state index is 11.1. The molecule has 0 aromatic heterocycles. The molecule has 2 heterocycles. The highest BCUT2D eigenvalue weighted by Crippen LogP contribution is 2.25. The Bertz CT molecular complexity index is 353. The van der Waals surface area contributed by atoms with Crippen LogP contribution < -0.4 is 4.72 Å². The molecular formula is C11H22N2O2S3. The van der Waals surface area contributed by atoms with E-state index < -0.39 is 10.0 Å². The monoisotopic (exact) mass is 310 g/mol. The van der Waals surface area contributed by atoms with E-state index in [1.54, 1.807) is 0 Å². The van der Waals surface area contributed by atoms with Gasteiger partial charge in [-0.1, -0.05) is 0 Å². The van der Waals surface area contributed by atoms with E-state index in [-0.39, 0.29) is 0 Å². The molecule has 0 aliphatic carbocycles. The van der Waals surface area contributed by atoms with Crippen LogP contribution in [-0.2, 0) is 10.0 Å². The van der Waals surface area contributed by atoms with Crippen molar-refractivity contribution in [1.82, 2.24) is 9.62 Å². The van der Waals surface area contributed by atoms with Gasteiger partial charge in [0.05, 0.1) is 6.26 Å². The van der Waals surface area contributed by atoms with Crippen molar-refractivity contribution in [2.45, 2.75) is 12.5 Å². The molecule has 0 aromatic carbocycles. The standard InChI is InChI=1S/C11H22N2O2S3/c1-18(14,15)12-6-10-2-3-13(7-10)11-8-16-4-5-17-9-11/h10-12H,2-9H2,1H3. The fourth-order valence-electron chi connectivity index (χ4n) is 2.45. The first-order valence-electron chi connectivity index (χ1n) is 6.39. The maximum absolute atomic E-state index is 11.1. The SMILES string of the molecule is CS(=O)(=O)NCC1CCN(C2CSCCSC2)C1. The summed E-state index contributed by atoms with van der Waals surface area (Å²) < 4.78 is 24.8. The summed E-state index contributed by atoms with van der Waals surface area (Å²) in [6, 6.07) is 0.686. The summed E-state index contributed by atoms with van der Waals surface area (Å²) in [5.41, 5.74) is 0. The Morgan fingerprint density at radius 3 is 2.56 bits per heavy atom. The van der Waals surface area contributed by atoms with Gasteiger partial charge in [-0.3, -0.25) is 4.90 Å². The van der Waals surface area contributed by atoms with Crippen molar-refractivity contribution in [1.29, 1.82) is 0 Å². The number of sulfonamides is 1. The van der Waals surface area contributed by atoms with Gasteiger partial charge in [-0.05, 0) is 18.9 Å². The zero-order valence-corrected chi connectivity index (χ0v) is 13.2. The molecule has 0 radical (unpaired) electrons. The van der Waals surface area contributed by atoms with Gasteiger partial charge in [-0.15, -0.1) is 0 Å². The minimum Gasteiger partial charge on any atom is -0.298 e. The summed E-state index contributed by atoms with van der Waals surface area (Å²) in [5.74, 6) is 5.50. The first kappa shape index (κ1) is 15.0. The van der Waals surface area contributed by atoms with E-state index in [1.807, 2.05) is 0 Å². The number of nitrogens with one attached hydrogen (secondary N) is 1. The van der Waals surface area contributed by atoms with Gasteiger partial charge < -0.3 is 0 Å². The molecule has 0 saturated carbocycles. The van der Waals surface area contributed by atoms with Crippen LogP contribution in [-0.4, -0.2) is 68.3 Å². The maximum Gasteiger partial charge on any atom is 0.208 e. The molecule has 7 heteroatoms. The second-order valence-electron chi connectivity index (χ2n) is 5.07. The van der Waals surface area contributed by atoms with Crippen molar-refractivity contribution < 1.29 is 8.42 Å². The van der Waals surface area contributed by atoms with E-state index in [2.05, 4.69) is 33.1 Å². The lowest BCUT2D eigenvalue weighted by Gasteiger charge is -2.26. The number of hydrogen-bond donors (Lipinski definition) is 1. The van der Waals surface area contributed by atoms with Crippen LogP contribution >= 0.6 is 23.5 Å². The predicted octanol–water partition coefficient (Wildman–Crippen LogP) is 0.706. The van der Waals surface area contributed by atoms with Crippen LogP contribution in [0.1, 0.15) is 6.42 Å². The van der Waals surface area contributed by atoms with E-state index in [0.29, 0.717) is 18.5 Å². The van der Waals surface area contributed by atoms with Crippen LogP contribution in [0.4, 0.5) is 0 Å². The van der Waals surface area contributed by atoms with E-state index in [9.17, 15) is 8.42 Å². The summed E-state index contributed by atoms with van der Waals surface area (Å²) in [6.45, 7) is 2.78. The number of thioether (sulfide) groups is 2. The first-order valence-corrected chi connectivity index (χ1v) is 10.6. The summed E-state index contributed by atoms with van der Waals surface area (Å²) >= 11 is 4.11. The van der Waals surface area contributed by atoms with Gasteiger partial charge in [0.1, 0.15) is 0 Å². The molecule has 2 fully saturated rings. The van der Waals surface area contributed by atoms with Crippen molar-refractivity contribution in [3.8, 4) is 0 Å². The van der Waals surface area contributed by atoms with Gasteiger partial charge in [0.25, 0.3) is 0 Å². The molecule has 106 valence electrons. The lowest BCUT2D eigenvalue weighted by atomic mass is 10.1. The Hall–Kier alpha value is 0.570. The molecular weight excluding hydrogens is 288 g/mol. The average molecular weight is 311 g/mol. The molecule has 4 nitrogen and oxygen atoms in total. The third-order valence-corrected chi connectivity index (χ3v) is 6.64. The van der Waals surface area contributed by atoms with E-state index in [1.165, 1.54) is 29.3 Å². The zero-order chi connectivity index (χ0) is 13.0. The second-order valence-corrected chi connectivity index (χ2v) is 9.21. The second kappa shape index (κ2) is 6.83. The van der Waals surface area contributed by atoms with Crippen molar-refractivity contribution in [2.75, 3.05) is 48.9 Å². The number of nitrogens with zero attached hydrogens (tertiary/aromatic N) is 1. The smallest absolute Gasteiger partial charge is 0.208 e. The molecule has 2 rings (SSSR count). The number of likely N-dealkylation sites (tertiary alicyclic amines) is 1. The van der Waals surface area contributed by atoms with Gasteiger partial charge in [-0.25, -0.2) is 13.1 Å². The zero-order valence-electron chi connectivity index (χ0n) is 10.8. The normalized spacial score (nSPS) is 28.4.